The van der Waals surface area contributed by atoms with E-state index in [0.717, 1.165) is 61.1 Å². The van der Waals surface area contributed by atoms with Crippen LogP contribution in [0.3, 0.4) is 0 Å². The molecular weight excluding hydrogens is 510 g/mol. The van der Waals surface area contributed by atoms with Crippen molar-refractivity contribution in [1.82, 2.24) is 30.1 Å². The third kappa shape index (κ3) is 5.10. The number of aromatic hydroxyl groups is 1. The van der Waals surface area contributed by atoms with Gasteiger partial charge in [-0.25, -0.2) is 9.67 Å². The van der Waals surface area contributed by atoms with Gasteiger partial charge in [-0.3, -0.25) is 4.90 Å². The number of methoxy groups -OCH3 is 1. The maximum absolute atomic E-state index is 10.2. The van der Waals surface area contributed by atoms with E-state index in [-0.39, 0.29) is 24.2 Å². The van der Waals surface area contributed by atoms with Crippen molar-refractivity contribution in [1.29, 1.82) is 0 Å². The Morgan fingerprint density at radius 3 is 2.57 bits per heavy atom. The normalized spacial score (nSPS) is 18.0. The number of fused-ring (bicyclic) bond motifs is 1. The Balaban J connectivity index is 0.00000280. The quantitative estimate of drug-likeness (QED) is 0.371. The van der Waals surface area contributed by atoms with Gasteiger partial charge < -0.3 is 14.7 Å². The molecule has 37 heavy (non-hydrogen) atoms. The van der Waals surface area contributed by atoms with Crippen molar-refractivity contribution in [3.63, 3.8) is 0 Å². The lowest BCUT2D eigenvalue weighted by Gasteiger charge is -2.39. The van der Waals surface area contributed by atoms with E-state index in [1.54, 1.807) is 24.5 Å². The summed E-state index contributed by atoms with van der Waals surface area (Å²) in [6, 6.07) is 14.1. The molecule has 1 aliphatic carbocycles. The molecule has 2 fully saturated rings. The van der Waals surface area contributed by atoms with Crippen LogP contribution >= 0.6 is 23.7 Å². The third-order valence-electron chi connectivity index (χ3n) is 7.44. The summed E-state index contributed by atoms with van der Waals surface area (Å²) < 4.78 is 8.73. The molecule has 2 aromatic heterocycles. The molecule has 0 amide bonds. The van der Waals surface area contributed by atoms with Crippen molar-refractivity contribution in [2.45, 2.75) is 44.2 Å². The SMILES string of the molecule is COc1cc(C(c2nnnn2C2CCCCC2)N2CCN(c3nc4ccccc4s3)CC2)ccc1O.Cl. The van der Waals surface area contributed by atoms with E-state index in [1.807, 2.05) is 18.2 Å². The smallest absolute Gasteiger partial charge is 0.186 e. The van der Waals surface area contributed by atoms with Gasteiger partial charge in [-0.15, -0.1) is 17.5 Å². The molecule has 11 heteroatoms. The van der Waals surface area contributed by atoms with Gasteiger partial charge in [-0.2, -0.15) is 0 Å². The van der Waals surface area contributed by atoms with Gasteiger partial charge in [0.1, 0.15) is 0 Å². The third-order valence-corrected chi connectivity index (χ3v) is 8.53. The first kappa shape index (κ1) is 25.7. The molecule has 4 aromatic rings. The highest BCUT2D eigenvalue weighted by Crippen LogP contribution is 2.37. The van der Waals surface area contributed by atoms with E-state index >= 15 is 0 Å². The molecule has 2 aliphatic rings. The van der Waals surface area contributed by atoms with Crippen LogP contribution in [-0.2, 0) is 0 Å². The standard InChI is InChI=1S/C26H31N7O2S.ClH/c1-35-22-17-18(11-12-21(22)34)24(25-28-29-30-33(25)19-7-3-2-4-8-19)31-13-15-32(16-14-31)26-27-20-9-5-6-10-23(20)36-26;/h5-6,9-12,17,19,24,34H,2-4,7-8,13-16H2,1H3;1H. The van der Waals surface area contributed by atoms with Crippen LogP contribution in [0.2, 0.25) is 0 Å². The van der Waals surface area contributed by atoms with Crippen LogP contribution in [0.5, 0.6) is 11.5 Å². The summed E-state index contributed by atoms with van der Waals surface area (Å²) in [5, 5.41) is 24.5. The fraction of sp³-hybridized carbons (Fsp3) is 0.462. The molecule has 6 rings (SSSR count). The van der Waals surface area contributed by atoms with Crippen molar-refractivity contribution in [2.24, 2.45) is 0 Å². The van der Waals surface area contributed by atoms with Crippen molar-refractivity contribution >= 4 is 39.1 Å². The fourth-order valence-corrected chi connectivity index (χ4v) is 6.54. The fourth-order valence-electron chi connectivity index (χ4n) is 5.52. The van der Waals surface area contributed by atoms with Crippen molar-refractivity contribution in [2.75, 3.05) is 38.2 Å². The first-order valence-corrected chi connectivity index (χ1v) is 13.5. The summed E-state index contributed by atoms with van der Waals surface area (Å²) >= 11 is 1.75. The second-order valence-electron chi connectivity index (χ2n) is 9.59. The van der Waals surface area contributed by atoms with E-state index in [4.69, 9.17) is 9.72 Å². The average Bonchev–Trinajstić information content (AvgIpc) is 3.58. The maximum atomic E-state index is 10.2. The number of benzene rings is 2. The van der Waals surface area contributed by atoms with Crippen LogP contribution in [0.4, 0.5) is 5.13 Å². The van der Waals surface area contributed by atoms with Crippen LogP contribution in [-0.4, -0.2) is 68.5 Å². The molecule has 0 bridgehead atoms. The topological polar surface area (TPSA) is 92.4 Å². The van der Waals surface area contributed by atoms with Crippen LogP contribution in [0.25, 0.3) is 10.2 Å². The number of tetrazole rings is 1. The van der Waals surface area contributed by atoms with Gasteiger partial charge >= 0.3 is 0 Å². The largest absolute Gasteiger partial charge is 0.504 e. The first-order chi connectivity index (χ1) is 17.7. The zero-order chi connectivity index (χ0) is 24.5. The summed E-state index contributed by atoms with van der Waals surface area (Å²) in [6.45, 7) is 3.44. The van der Waals surface area contributed by atoms with Crippen LogP contribution in [0.1, 0.15) is 55.6 Å². The number of hydrogen-bond acceptors (Lipinski definition) is 9. The number of hydrogen-bond donors (Lipinski definition) is 1. The van der Waals surface area contributed by atoms with E-state index in [9.17, 15) is 5.11 Å². The van der Waals surface area contributed by atoms with Gasteiger partial charge in [0.05, 0.1) is 29.4 Å². The van der Waals surface area contributed by atoms with Crippen LogP contribution < -0.4 is 9.64 Å². The number of phenols is 1. The predicted molar refractivity (Wildman–Crippen MR) is 147 cm³/mol. The number of ether oxygens (including phenoxy) is 1. The number of rotatable bonds is 6. The second-order valence-corrected chi connectivity index (χ2v) is 10.6. The Kier molecular flexibility index (Phi) is 7.78. The van der Waals surface area contributed by atoms with E-state index < -0.39 is 0 Å². The lowest BCUT2D eigenvalue weighted by Crippen LogP contribution is -2.48. The first-order valence-electron chi connectivity index (χ1n) is 12.7. The number of phenolic OH excluding ortho intramolecular Hbond substituents is 1. The molecule has 1 atom stereocenters. The molecule has 0 spiro atoms. The zero-order valence-electron chi connectivity index (χ0n) is 20.9. The number of piperazine rings is 1. The van der Waals surface area contributed by atoms with Gasteiger partial charge in [0.15, 0.2) is 22.5 Å². The minimum absolute atomic E-state index is 0. The van der Waals surface area contributed by atoms with Gasteiger partial charge in [-0.1, -0.05) is 48.8 Å². The lowest BCUT2D eigenvalue weighted by atomic mass is 9.95. The molecule has 1 aliphatic heterocycles. The zero-order valence-corrected chi connectivity index (χ0v) is 22.5. The number of halogens is 1. The molecule has 1 N–H and O–H groups in total. The van der Waals surface area contributed by atoms with Crippen molar-refractivity contribution < 1.29 is 9.84 Å². The Labute approximate surface area is 226 Å². The molecule has 0 radical (unpaired) electrons. The second kappa shape index (κ2) is 11.2. The summed E-state index contributed by atoms with van der Waals surface area (Å²) in [6.07, 6.45) is 5.91. The van der Waals surface area contributed by atoms with Gasteiger partial charge in [0.2, 0.25) is 0 Å². The molecule has 1 unspecified atom stereocenters. The van der Waals surface area contributed by atoms with Gasteiger partial charge in [0, 0.05) is 26.2 Å². The number of aromatic nitrogens is 5. The average molecular weight is 542 g/mol. The van der Waals surface area contributed by atoms with Gasteiger partial charge in [-0.05, 0) is 53.1 Å². The van der Waals surface area contributed by atoms with E-state index in [2.05, 4.69) is 48.2 Å². The molecule has 1 saturated carbocycles. The summed E-state index contributed by atoms with van der Waals surface area (Å²) in [5.41, 5.74) is 2.07. The van der Waals surface area contributed by atoms with Crippen molar-refractivity contribution in [3.8, 4) is 11.5 Å². The molecule has 3 heterocycles. The van der Waals surface area contributed by atoms with Crippen molar-refractivity contribution in [3.05, 3.63) is 53.9 Å². The molecule has 196 valence electrons. The van der Waals surface area contributed by atoms with E-state index in [0.29, 0.717) is 11.8 Å². The predicted octanol–water partition coefficient (Wildman–Crippen LogP) is 4.84. The minimum atomic E-state index is -0.131. The molecular formula is C26H32ClN7O2S. The lowest BCUT2D eigenvalue weighted by molar-refractivity contribution is 0.193. The Morgan fingerprint density at radius 1 is 1.03 bits per heavy atom. The highest BCUT2D eigenvalue weighted by Gasteiger charge is 2.33. The Hall–Kier alpha value is -2.95. The summed E-state index contributed by atoms with van der Waals surface area (Å²) in [4.78, 5) is 9.69. The maximum Gasteiger partial charge on any atom is 0.186 e. The number of para-hydroxylation sites is 1. The minimum Gasteiger partial charge on any atom is -0.504 e. The number of anilines is 1. The number of nitrogens with zero attached hydrogens (tertiary/aromatic N) is 7. The highest BCUT2D eigenvalue weighted by atomic mass is 35.5. The molecule has 1 saturated heterocycles. The summed E-state index contributed by atoms with van der Waals surface area (Å²) in [7, 11) is 1.58. The molecule has 2 aromatic carbocycles. The monoisotopic (exact) mass is 541 g/mol. The van der Waals surface area contributed by atoms with Crippen LogP contribution in [0.15, 0.2) is 42.5 Å². The highest BCUT2D eigenvalue weighted by molar-refractivity contribution is 7.22. The Bertz CT molecular complexity index is 1300. The van der Waals surface area contributed by atoms with Gasteiger partial charge in [0.25, 0.3) is 0 Å². The Morgan fingerprint density at radius 2 is 1.81 bits per heavy atom. The molecule has 9 nitrogen and oxygen atoms in total. The summed E-state index contributed by atoms with van der Waals surface area (Å²) in [5.74, 6) is 1.46. The van der Waals surface area contributed by atoms with E-state index in [1.165, 1.54) is 24.0 Å². The number of thiazole rings is 1. The van der Waals surface area contributed by atoms with Crippen LogP contribution in [0, 0.1) is 0 Å².